The second-order valence-corrected chi connectivity index (χ2v) is 26.3. The molecule has 1 saturated carbocycles. The molecule has 3 aliphatic heterocycles. The molecule has 8 aromatic rings. The van der Waals surface area contributed by atoms with Gasteiger partial charge in [-0.25, -0.2) is 0 Å². The Bertz CT molecular complexity index is 3480. The largest absolute Gasteiger partial charge is 0.456 e. The molecule has 4 aliphatic rings. The van der Waals surface area contributed by atoms with Gasteiger partial charge in [0.15, 0.2) is 0 Å². The molecule has 1 aliphatic carbocycles. The number of benzene rings is 7. The summed E-state index contributed by atoms with van der Waals surface area (Å²) in [7, 11) is 0. The molecule has 4 heterocycles. The van der Waals surface area contributed by atoms with Gasteiger partial charge in [0.1, 0.15) is 11.2 Å². The third kappa shape index (κ3) is 6.84. The summed E-state index contributed by atoms with van der Waals surface area (Å²) in [5, 5.41) is 2.28. The van der Waals surface area contributed by atoms with Crippen LogP contribution < -0.4 is 31.1 Å². The van der Waals surface area contributed by atoms with E-state index in [1.54, 1.807) is 0 Å². The molecular weight excluding hydrogens is 862 g/mol. The van der Waals surface area contributed by atoms with Gasteiger partial charge in [0.2, 0.25) is 0 Å². The predicted molar refractivity (Wildman–Crippen MR) is 305 cm³/mol. The van der Waals surface area contributed by atoms with Gasteiger partial charge in [0.05, 0.1) is 5.54 Å². The first-order valence-corrected chi connectivity index (χ1v) is 26.5. The van der Waals surface area contributed by atoms with Crippen LogP contribution in [-0.2, 0) is 27.1 Å². The van der Waals surface area contributed by atoms with Crippen LogP contribution in [0.5, 0.6) is 0 Å². The Morgan fingerprint density at radius 2 is 0.930 bits per heavy atom. The molecule has 2 atom stereocenters. The number of hydrogen-bond acceptors (Lipinski definition) is 4. The molecule has 2 unspecified atom stereocenters. The Morgan fingerprint density at radius 3 is 1.52 bits per heavy atom. The van der Waals surface area contributed by atoms with E-state index in [0.29, 0.717) is 0 Å². The van der Waals surface area contributed by atoms with Crippen molar-refractivity contribution >= 4 is 90.5 Å². The molecule has 0 amide bonds. The van der Waals surface area contributed by atoms with Crippen molar-refractivity contribution in [1.29, 1.82) is 0 Å². The van der Waals surface area contributed by atoms with Crippen molar-refractivity contribution in [2.24, 2.45) is 0 Å². The SMILES string of the molecule is CC(C)(C)c1ccc(N2c3ccc(C(C)(C)C)cc3B3c4cc(C(C)(C)C)ccc4N(c4ccc5c(c4)oc4ccccc45)c4cc(N5c6ccc(C(C)(C)C)cc6C6(C)CCCCC56C)cc2c43)cc1. The van der Waals surface area contributed by atoms with Crippen LogP contribution in [0.3, 0.4) is 0 Å². The quantitative estimate of drug-likeness (QED) is 0.165. The average molecular weight is 934 g/mol. The summed E-state index contributed by atoms with van der Waals surface area (Å²) < 4.78 is 6.72. The number of anilines is 8. The van der Waals surface area contributed by atoms with Crippen LogP contribution in [0.2, 0.25) is 0 Å². The zero-order valence-electron chi connectivity index (χ0n) is 44.9. The van der Waals surface area contributed by atoms with Gasteiger partial charge in [-0.3, -0.25) is 0 Å². The maximum absolute atomic E-state index is 6.72. The summed E-state index contributed by atoms with van der Waals surface area (Å²) in [6.45, 7) is 33.3. The highest BCUT2D eigenvalue weighted by Gasteiger charge is 2.58. The second-order valence-electron chi connectivity index (χ2n) is 26.3. The first kappa shape index (κ1) is 45.9. The lowest BCUT2D eigenvalue weighted by Gasteiger charge is -2.51. The van der Waals surface area contributed by atoms with Gasteiger partial charge in [-0.15, -0.1) is 0 Å². The highest BCUT2D eigenvalue weighted by atomic mass is 16.3. The monoisotopic (exact) mass is 934 g/mol. The summed E-state index contributed by atoms with van der Waals surface area (Å²) >= 11 is 0. The van der Waals surface area contributed by atoms with Crippen molar-refractivity contribution in [2.45, 2.75) is 155 Å². The van der Waals surface area contributed by atoms with E-state index >= 15 is 0 Å². The summed E-state index contributed by atoms with van der Waals surface area (Å²) in [5.74, 6) is 0. The summed E-state index contributed by atoms with van der Waals surface area (Å²) in [5.41, 5.74) is 22.4. The molecule has 0 N–H and O–H groups in total. The fourth-order valence-corrected chi connectivity index (χ4v) is 13.2. The Morgan fingerprint density at radius 1 is 0.437 bits per heavy atom. The van der Waals surface area contributed by atoms with Crippen LogP contribution in [0.25, 0.3) is 21.9 Å². The lowest BCUT2D eigenvalue weighted by Crippen LogP contribution is -2.62. The van der Waals surface area contributed by atoms with Crippen LogP contribution in [-0.4, -0.2) is 12.3 Å². The van der Waals surface area contributed by atoms with Crippen LogP contribution in [0.1, 0.15) is 150 Å². The Hall–Kier alpha value is -6.20. The standard InChI is InChI=1S/C66H72BN3O/c1-61(2,3)41-21-26-45(27-22-41)68-54-31-24-43(63(7,8)9)36-51(54)67-52-37-44(64(10,11)12)25-32-55(52)69(46-28-29-49-48-19-15-16-20-58(48)71-59(49)40-46)57-39-47(38-56(68)60(57)67)70-53-30-23-42(62(4,5)6)35-50(53)65(13)33-17-18-34-66(65,70)14/h15-16,19-32,35-40H,17-18,33-34H2,1-14H3. The van der Waals surface area contributed by atoms with Crippen molar-refractivity contribution in [3.8, 4) is 0 Å². The molecule has 12 rings (SSSR count). The number of hydrogen-bond donors (Lipinski definition) is 0. The summed E-state index contributed by atoms with van der Waals surface area (Å²) in [6.07, 6.45) is 4.75. The van der Waals surface area contributed by atoms with E-state index in [-0.39, 0.29) is 39.3 Å². The summed E-state index contributed by atoms with van der Waals surface area (Å²) in [4.78, 5) is 8.01. The first-order valence-electron chi connectivity index (χ1n) is 26.5. The smallest absolute Gasteiger partial charge is 0.252 e. The number of rotatable bonds is 3. The lowest BCUT2D eigenvalue weighted by atomic mass is 9.33. The van der Waals surface area contributed by atoms with Crippen LogP contribution in [0, 0.1) is 0 Å². The molecule has 5 heteroatoms. The van der Waals surface area contributed by atoms with Crippen LogP contribution >= 0.6 is 0 Å². The van der Waals surface area contributed by atoms with Crippen LogP contribution in [0.4, 0.5) is 45.5 Å². The molecule has 0 saturated heterocycles. The van der Waals surface area contributed by atoms with E-state index in [4.69, 9.17) is 4.42 Å². The van der Waals surface area contributed by atoms with Gasteiger partial charge in [-0.1, -0.05) is 170 Å². The van der Waals surface area contributed by atoms with E-state index in [2.05, 4.69) is 245 Å². The number of nitrogens with zero attached hydrogens (tertiary/aromatic N) is 3. The van der Waals surface area contributed by atoms with Gasteiger partial charge < -0.3 is 19.1 Å². The van der Waals surface area contributed by atoms with Crippen molar-refractivity contribution in [1.82, 2.24) is 0 Å². The van der Waals surface area contributed by atoms with Crippen LogP contribution in [0.15, 0.2) is 138 Å². The van der Waals surface area contributed by atoms with E-state index in [9.17, 15) is 0 Å². The van der Waals surface area contributed by atoms with Crippen molar-refractivity contribution in [3.05, 3.63) is 161 Å². The lowest BCUT2D eigenvalue weighted by molar-refractivity contribution is 0.195. The normalized spacial score (nSPS) is 19.7. The Balaban J connectivity index is 1.21. The fourth-order valence-electron chi connectivity index (χ4n) is 13.2. The molecule has 4 nitrogen and oxygen atoms in total. The zero-order valence-corrected chi connectivity index (χ0v) is 44.9. The van der Waals surface area contributed by atoms with Gasteiger partial charge in [-0.2, -0.15) is 0 Å². The van der Waals surface area contributed by atoms with E-state index in [0.717, 1.165) is 34.0 Å². The number of fused-ring (bicyclic) bond motifs is 10. The van der Waals surface area contributed by atoms with Crippen molar-refractivity contribution in [3.63, 3.8) is 0 Å². The summed E-state index contributed by atoms with van der Waals surface area (Å²) in [6, 6.07) is 52.3. The molecule has 0 bridgehead atoms. The first-order chi connectivity index (χ1) is 33.5. The Labute approximate surface area is 424 Å². The Kier molecular flexibility index (Phi) is 9.81. The molecule has 0 spiro atoms. The van der Waals surface area contributed by atoms with E-state index in [1.807, 2.05) is 0 Å². The zero-order chi connectivity index (χ0) is 49.9. The maximum atomic E-state index is 6.72. The number of furan rings is 1. The minimum Gasteiger partial charge on any atom is -0.456 e. The molecule has 1 aromatic heterocycles. The topological polar surface area (TPSA) is 22.9 Å². The molecular formula is C66H72BN3O. The minimum absolute atomic E-state index is 0.0179. The van der Waals surface area contributed by atoms with Gasteiger partial charge in [0.25, 0.3) is 6.71 Å². The van der Waals surface area contributed by atoms with Gasteiger partial charge >= 0.3 is 0 Å². The van der Waals surface area contributed by atoms with E-state index < -0.39 is 0 Å². The number of para-hydroxylation sites is 1. The maximum Gasteiger partial charge on any atom is 0.252 e. The fraction of sp³-hybridized carbons (Fsp3) is 0.364. The molecule has 7 aromatic carbocycles. The highest BCUT2D eigenvalue weighted by molar-refractivity contribution is 7.00. The molecule has 71 heavy (non-hydrogen) atoms. The molecule has 360 valence electrons. The van der Waals surface area contributed by atoms with Crippen molar-refractivity contribution < 1.29 is 4.42 Å². The van der Waals surface area contributed by atoms with E-state index in [1.165, 1.54) is 103 Å². The third-order valence-electron chi connectivity index (χ3n) is 17.6. The third-order valence-corrected chi connectivity index (χ3v) is 17.6. The highest BCUT2D eigenvalue weighted by Crippen LogP contribution is 2.62. The second kappa shape index (κ2) is 15.2. The minimum atomic E-state index is -0.149. The average Bonchev–Trinajstić information content (AvgIpc) is 3.78. The molecule has 1 fully saturated rings. The van der Waals surface area contributed by atoms with Crippen molar-refractivity contribution in [2.75, 3.05) is 14.7 Å². The predicted octanol–water partition coefficient (Wildman–Crippen LogP) is 16.6. The van der Waals surface area contributed by atoms with Gasteiger partial charge in [-0.05, 0) is 146 Å². The molecule has 0 radical (unpaired) electrons. The van der Waals surface area contributed by atoms with Gasteiger partial charge in [0, 0.05) is 67.8 Å².